The Kier molecular flexibility index (Phi) is 4.63. The maximum Gasteiger partial charge on any atom is 0.340 e. The van der Waals surface area contributed by atoms with E-state index in [9.17, 15) is 9.59 Å². The Morgan fingerprint density at radius 2 is 2.30 bits per heavy atom. The van der Waals surface area contributed by atoms with Crippen molar-refractivity contribution in [3.63, 3.8) is 0 Å². The van der Waals surface area contributed by atoms with Gasteiger partial charge < -0.3 is 15.0 Å². The standard InChI is InChI=1S/C15H14BrN3O3S/c1-22-15(21)10-5-7-23-14(10)19-6-4-11(13(19)20)18-12-3-2-9(16)8-17-12/h2-3,5,7-8,11H,4,6H2,1H3,(H,17,18). The minimum absolute atomic E-state index is 0.0673. The summed E-state index contributed by atoms with van der Waals surface area (Å²) in [6.45, 7) is 0.553. The zero-order valence-electron chi connectivity index (χ0n) is 12.3. The van der Waals surface area contributed by atoms with Gasteiger partial charge in [0.05, 0.1) is 12.7 Å². The highest BCUT2D eigenvalue weighted by Gasteiger charge is 2.35. The van der Waals surface area contributed by atoms with Crippen LogP contribution in [0, 0.1) is 0 Å². The maximum atomic E-state index is 12.6. The van der Waals surface area contributed by atoms with E-state index in [4.69, 9.17) is 4.74 Å². The third-order valence-electron chi connectivity index (χ3n) is 3.55. The quantitative estimate of drug-likeness (QED) is 0.805. The van der Waals surface area contributed by atoms with Crippen molar-refractivity contribution >= 4 is 50.0 Å². The van der Waals surface area contributed by atoms with Crippen molar-refractivity contribution in [1.29, 1.82) is 0 Å². The second-order valence-electron chi connectivity index (χ2n) is 4.97. The lowest BCUT2D eigenvalue weighted by atomic mass is 10.2. The van der Waals surface area contributed by atoms with E-state index in [1.807, 2.05) is 12.1 Å². The zero-order valence-corrected chi connectivity index (χ0v) is 14.7. The van der Waals surface area contributed by atoms with Crippen molar-refractivity contribution in [3.8, 4) is 0 Å². The van der Waals surface area contributed by atoms with Crippen LogP contribution in [0.3, 0.4) is 0 Å². The van der Waals surface area contributed by atoms with Crippen molar-refractivity contribution in [2.24, 2.45) is 0 Å². The fraction of sp³-hybridized carbons (Fsp3) is 0.267. The van der Waals surface area contributed by atoms with Crippen molar-refractivity contribution in [1.82, 2.24) is 4.98 Å². The summed E-state index contributed by atoms with van der Waals surface area (Å²) in [6, 6.07) is 5.00. The molecule has 1 aliphatic rings. The van der Waals surface area contributed by atoms with Crippen LogP contribution >= 0.6 is 27.3 Å². The highest BCUT2D eigenvalue weighted by molar-refractivity contribution is 9.10. The molecule has 0 bridgehead atoms. The van der Waals surface area contributed by atoms with E-state index in [0.717, 1.165) is 4.47 Å². The lowest BCUT2D eigenvalue weighted by Gasteiger charge is -2.17. The predicted octanol–water partition coefficient (Wildman–Crippen LogP) is 2.91. The number of rotatable bonds is 4. The minimum atomic E-state index is -0.431. The van der Waals surface area contributed by atoms with Gasteiger partial charge in [-0.1, -0.05) is 0 Å². The third-order valence-corrected chi connectivity index (χ3v) is 4.96. The Morgan fingerprint density at radius 1 is 1.48 bits per heavy atom. The fourth-order valence-electron chi connectivity index (χ4n) is 2.43. The normalized spacial score (nSPS) is 17.4. The lowest BCUT2D eigenvalue weighted by Crippen LogP contribution is -2.33. The van der Waals surface area contributed by atoms with E-state index in [2.05, 4.69) is 26.2 Å². The Bertz CT molecular complexity index is 732. The van der Waals surface area contributed by atoms with Gasteiger partial charge in [-0.05, 0) is 45.9 Å². The number of hydrogen-bond donors (Lipinski definition) is 1. The predicted molar refractivity (Wildman–Crippen MR) is 92.0 cm³/mol. The number of carbonyl (C=O) groups is 2. The average molecular weight is 396 g/mol. The Labute approximate surface area is 145 Å². The summed E-state index contributed by atoms with van der Waals surface area (Å²) in [7, 11) is 1.33. The molecule has 2 aromatic rings. The molecule has 1 fully saturated rings. The first-order valence-corrected chi connectivity index (χ1v) is 8.62. The number of pyridine rings is 1. The van der Waals surface area contributed by atoms with Crippen LogP contribution in [0.2, 0.25) is 0 Å². The van der Waals surface area contributed by atoms with Gasteiger partial charge in [-0.15, -0.1) is 11.3 Å². The molecule has 0 saturated carbocycles. The van der Waals surface area contributed by atoms with Crippen molar-refractivity contribution in [3.05, 3.63) is 39.8 Å². The smallest absolute Gasteiger partial charge is 0.340 e. The van der Waals surface area contributed by atoms with Gasteiger partial charge in [0.25, 0.3) is 0 Å². The topological polar surface area (TPSA) is 71.5 Å². The molecule has 1 unspecified atom stereocenters. The summed E-state index contributed by atoms with van der Waals surface area (Å²) < 4.78 is 5.64. The Balaban J connectivity index is 1.75. The molecule has 1 N–H and O–H groups in total. The van der Waals surface area contributed by atoms with Gasteiger partial charge in [-0.25, -0.2) is 9.78 Å². The highest BCUT2D eigenvalue weighted by atomic mass is 79.9. The largest absolute Gasteiger partial charge is 0.465 e. The summed E-state index contributed by atoms with van der Waals surface area (Å²) in [5, 5.41) is 5.56. The number of methoxy groups -OCH3 is 1. The summed E-state index contributed by atoms with van der Waals surface area (Å²) in [5.74, 6) is 0.148. The van der Waals surface area contributed by atoms with Crippen molar-refractivity contribution < 1.29 is 14.3 Å². The lowest BCUT2D eigenvalue weighted by molar-refractivity contribution is -0.117. The Morgan fingerprint density at radius 3 is 3.00 bits per heavy atom. The molecule has 3 rings (SSSR count). The maximum absolute atomic E-state index is 12.6. The van der Waals surface area contributed by atoms with Gasteiger partial charge in [0, 0.05) is 17.2 Å². The van der Waals surface area contributed by atoms with Gasteiger partial charge in [0.15, 0.2) is 0 Å². The molecule has 0 aliphatic carbocycles. The number of amides is 1. The van der Waals surface area contributed by atoms with E-state index in [0.29, 0.717) is 29.3 Å². The van der Waals surface area contributed by atoms with Crippen LogP contribution < -0.4 is 10.2 Å². The Hall–Kier alpha value is -1.93. The summed E-state index contributed by atoms with van der Waals surface area (Å²) in [6.07, 6.45) is 2.32. The number of nitrogens with one attached hydrogen (secondary N) is 1. The van der Waals surface area contributed by atoms with Gasteiger partial charge in [0.1, 0.15) is 16.9 Å². The van der Waals surface area contributed by atoms with Crippen LogP contribution in [0.4, 0.5) is 10.8 Å². The first-order valence-electron chi connectivity index (χ1n) is 6.95. The van der Waals surface area contributed by atoms with Crippen molar-refractivity contribution in [2.75, 3.05) is 23.9 Å². The molecule has 1 aliphatic heterocycles. The highest BCUT2D eigenvalue weighted by Crippen LogP contribution is 2.32. The second kappa shape index (κ2) is 6.67. The minimum Gasteiger partial charge on any atom is -0.465 e. The van der Waals surface area contributed by atoms with Gasteiger partial charge in [-0.3, -0.25) is 4.79 Å². The number of anilines is 2. The number of thiophene rings is 1. The molecular weight excluding hydrogens is 382 g/mol. The second-order valence-corrected chi connectivity index (χ2v) is 6.78. The van der Waals surface area contributed by atoms with Crippen LogP contribution in [0.5, 0.6) is 0 Å². The van der Waals surface area contributed by atoms with Gasteiger partial charge >= 0.3 is 5.97 Å². The molecule has 0 aromatic carbocycles. The van der Waals surface area contributed by atoms with Crippen LogP contribution in [0.25, 0.3) is 0 Å². The SMILES string of the molecule is COC(=O)c1ccsc1N1CCC(Nc2ccc(Br)cn2)C1=O. The number of hydrogen-bond acceptors (Lipinski definition) is 6. The molecule has 6 nitrogen and oxygen atoms in total. The number of nitrogens with zero attached hydrogens (tertiary/aromatic N) is 2. The monoisotopic (exact) mass is 395 g/mol. The molecule has 8 heteroatoms. The number of esters is 1. The summed E-state index contributed by atoms with van der Waals surface area (Å²) >= 11 is 4.69. The van der Waals surface area contributed by atoms with Crippen LogP contribution in [0.15, 0.2) is 34.2 Å². The van der Waals surface area contributed by atoms with Gasteiger partial charge in [0.2, 0.25) is 5.91 Å². The average Bonchev–Trinajstić information content (AvgIpc) is 3.16. The molecule has 3 heterocycles. The van der Waals surface area contributed by atoms with E-state index >= 15 is 0 Å². The fourth-order valence-corrected chi connectivity index (χ4v) is 3.59. The third kappa shape index (κ3) is 3.23. The first-order chi connectivity index (χ1) is 11.1. The van der Waals surface area contributed by atoms with Gasteiger partial charge in [-0.2, -0.15) is 0 Å². The molecule has 1 atom stereocenters. The summed E-state index contributed by atoms with van der Waals surface area (Å²) in [5.41, 5.74) is 0.424. The van der Waals surface area contributed by atoms with Crippen molar-refractivity contribution in [2.45, 2.75) is 12.5 Å². The van der Waals surface area contributed by atoms with Crippen LogP contribution in [-0.2, 0) is 9.53 Å². The van der Waals surface area contributed by atoms with Crippen LogP contribution in [-0.4, -0.2) is 36.6 Å². The van der Waals surface area contributed by atoms with E-state index < -0.39 is 5.97 Å². The summed E-state index contributed by atoms with van der Waals surface area (Å²) in [4.78, 5) is 30.3. The molecule has 1 saturated heterocycles. The molecule has 0 spiro atoms. The first kappa shape index (κ1) is 15.9. The molecule has 120 valence electrons. The number of carbonyl (C=O) groups excluding carboxylic acids is 2. The van der Waals surface area contributed by atoms with E-state index in [-0.39, 0.29) is 11.9 Å². The molecule has 2 aromatic heterocycles. The van der Waals surface area contributed by atoms with Crippen LogP contribution in [0.1, 0.15) is 16.8 Å². The molecular formula is C15H14BrN3O3S. The number of halogens is 1. The number of ether oxygens (including phenoxy) is 1. The molecule has 1 amide bonds. The van der Waals surface area contributed by atoms with E-state index in [1.54, 1.807) is 22.5 Å². The molecule has 0 radical (unpaired) electrons. The number of aromatic nitrogens is 1. The van der Waals surface area contributed by atoms with E-state index in [1.165, 1.54) is 18.4 Å². The molecule has 23 heavy (non-hydrogen) atoms. The zero-order chi connectivity index (χ0) is 16.4.